The Morgan fingerprint density at radius 3 is 2.35 bits per heavy atom. The Morgan fingerprint density at radius 1 is 1.12 bits per heavy atom. The first-order valence-corrected chi connectivity index (χ1v) is 9.38. The van der Waals surface area contributed by atoms with Crippen molar-refractivity contribution >= 4 is 46.9 Å². The zero-order valence-corrected chi connectivity index (χ0v) is 16.3. The van der Waals surface area contributed by atoms with E-state index in [1.807, 2.05) is 18.4 Å². The highest BCUT2D eigenvalue weighted by Crippen LogP contribution is 2.32. The Kier molecular flexibility index (Phi) is 6.81. The first kappa shape index (κ1) is 20.4. The molecule has 4 N–H and O–H groups in total. The van der Waals surface area contributed by atoms with E-state index >= 15 is 0 Å². The molecule has 0 aliphatic heterocycles. The number of hydrogen-bond donors (Lipinski definition) is 3. The van der Waals surface area contributed by atoms with E-state index in [0.717, 1.165) is 25.7 Å². The van der Waals surface area contributed by atoms with Crippen LogP contribution in [0.4, 0.5) is 11.4 Å². The predicted molar refractivity (Wildman–Crippen MR) is 109 cm³/mol. The van der Waals surface area contributed by atoms with Crippen molar-refractivity contribution in [2.24, 2.45) is 11.7 Å². The van der Waals surface area contributed by atoms with Gasteiger partial charge in [-0.15, -0.1) is 23.7 Å². The smallest absolute Gasteiger partial charge is 0.265 e. The van der Waals surface area contributed by atoms with Gasteiger partial charge in [0.15, 0.2) is 0 Å². The third kappa shape index (κ3) is 4.84. The normalized spacial score (nSPS) is 22.2. The first-order chi connectivity index (χ1) is 12.0. The van der Waals surface area contributed by atoms with Gasteiger partial charge >= 0.3 is 0 Å². The molecule has 0 bridgehead atoms. The SMILES string of the molecule is CC1(N)CCCCC1C(=O)Nc1ccc(NC(=O)c2cccs2)cc1.Cl. The fourth-order valence-corrected chi connectivity index (χ4v) is 3.87. The van der Waals surface area contributed by atoms with Gasteiger partial charge in [0.25, 0.3) is 5.91 Å². The van der Waals surface area contributed by atoms with Crippen molar-refractivity contribution in [3.63, 3.8) is 0 Å². The zero-order valence-electron chi connectivity index (χ0n) is 14.7. The Hall–Kier alpha value is -1.89. The van der Waals surface area contributed by atoms with Crippen molar-refractivity contribution in [3.05, 3.63) is 46.7 Å². The summed E-state index contributed by atoms with van der Waals surface area (Å²) in [6.45, 7) is 1.96. The molecule has 3 rings (SSSR count). The van der Waals surface area contributed by atoms with Crippen LogP contribution in [0.3, 0.4) is 0 Å². The van der Waals surface area contributed by atoms with Crippen LogP contribution in [-0.2, 0) is 4.79 Å². The van der Waals surface area contributed by atoms with E-state index in [0.29, 0.717) is 16.3 Å². The van der Waals surface area contributed by atoms with Gasteiger partial charge in [-0.05, 0) is 55.5 Å². The molecular formula is C19H24ClN3O2S. The van der Waals surface area contributed by atoms with Gasteiger partial charge in [-0.2, -0.15) is 0 Å². The van der Waals surface area contributed by atoms with Gasteiger partial charge in [-0.3, -0.25) is 9.59 Å². The van der Waals surface area contributed by atoms with Crippen molar-refractivity contribution in [2.45, 2.75) is 38.1 Å². The van der Waals surface area contributed by atoms with E-state index in [-0.39, 0.29) is 30.1 Å². The average molecular weight is 394 g/mol. The molecule has 26 heavy (non-hydrogen) atoms. The highest BCUT2D eigenvalue weighted by atomic mass is 35.5. The van der Waals surface area contributed by atoms with Crippen LogP contribution in [0.25, 0.3) is 0 Å². The molecule has 1 aliphatic rings. The number of halogens is 1. The van der Waals surface area contributed by atoms with E-state index < -0.39 is 5.54 Å². The summed E-state index contributed by atoms with van der Waals surface area (Å²) in [7, 11) is 0. The van der Waals surface area contributed by atoms with Crippen molar-refractivity contribution in [3.8, 4) is 0 Å². The minimum atomic E-state index is -0.447. The number of rotatable bonds is 4. The summed E-state index contributed by atoms with van der Waals surface area (Å²) in [6, 6.07) is 10.8. The summed E-state index contributed by atoms with van der Waals surface area (Å²) in [5.74, 6) is -0.326. The van der Waals surface area contributed by atoms with Gasteiger partial charge in [0.05, 0.1) is 10.8 Å². The summed E-state index contributed by atoms with van der Waals surface area (Å²) < 4.78 is 0. The maximum Gasteiger partial charge on any atom is 0.265 e. The first-order valence-electron chi connectivity index (χ1n) is 8.50. The third-order valence-electron chi connectivity index (χ3n) is 4.73. The molecule has 1 aromatic heterocycles. The average Bonchev–Trinajstić information content (AvgIpc) is 3.11. The van der Waals surface area contributed by atoms with Crippen LogP contribution >= 0.6 is 23.7 Å². The van der Waals surface area contributed by atoms with Crippen molar-refractivity contribution < 1.29 is 9.59 Å². The number of benzene rings is 1. The van der Waals surface area contributed by atoms with Gasteiger partial charge in [0.2, 0.25) is 5.91 Å². The second kappa shape index (κ2) is 8.66. The Labute approximate surface area is 163 Å². The molecular weight excluding hydrogens is 370 g/mol. The lowest BCUT2D eigenvalue weighted by Crippen LogP contribution is -2.51. The molecule has 1 heterocycles. The van der Waals surface area contributed by atoms with Crippen LogP contribution in [0.2, 0.25) is 0 Å². The summed E-state index contributed by atoms with van der Waals surface area (Å²) in [5.41, 5.74) is 7.25. The fraction of sp³-hybridized carbons (Fsp3) is 0.368. The van der Waals surface area contributed by atoms with Crippen molar-refractivity contribution in [1.29, 1.82) is 0 Å². The van der Waals surface area contributed by atoms with Crippen LogP contribution in [0.1, 0.15) is 42.3 Å². The van der Waals surface area contributed by atoms with E-state index in [2.05, 4.69) is 10.6 Å². The highest BCUT2D eigenvalue weighted by Gasteiger charge is 2.37. The molecule has 0 radical (unpaired) electrons. The minimum Gasteiger partial charge on any atom is -0.326 e. The Bertz CT molecular complexity index is 745. The molecule has 1 fully saturated rings. The number of carbonyl (C=O) groups is 2. The molecule has 2 unspecified atom stereocenters. The lowest BCUT2D eigenvalue weighted by molar-refractivity contribution is -0.122. The van der Waals surface area contributed by atoms with Crippen LogP contribution < -0.4 is 16.4 Å². The van der Waals surface area contributed by atoms with E-state index in [1.165, 1.54) is 11.3 Å². The third-order valence-corrected chi connectivity index (χ3v) is 5.59. The molecule has 0 saturated heterocycles. The van der Waals surface area contributed by atoms with Crippen LogP contribution in [0.5, 0.6) is 0 Å². The largest absolute Gasteiger partial charge is 0.326 e. The molecule has 5 nitrogen and oxygen atoms in total. The molecule has 2 aromatic rings. The zero-order chi connectivity index (χ0) is 17.9. The van der Waals surface area contributed by atoms with Crippen LogP contribution in [0, 0.1) is 5.92 Å². The summed E-state index contributed by atoms with van der Waals surface area (Å²) in [6.07, 6.45) is 3.82. The quantitative estimate of drug-likeness (QED) is 0.725. The minimum absolute atomic E-state index is 0. The number of carbonyl (C=O) groups excluding carboxylic acids is 2. The van der Waals surface area contributed by atoms with E-state index in [4.69, 9.17) is 5.73 Å². The standard InChI is InChI=1S/C19H23N3O2S.ClH/c1-19(20)11-3-2-5-15(19)17(23)21-13-7-9-14(10-8-13)22-18(24)16-6-4-12-25-16;/h4,6-10,12,15H,2-3,5,11,20H2,1H3,(H,21,23)(H,22,24);1H. The number of amides is 2. The Morgan fingerprint density at radius 2 is 1.77 bits per heavy atom. The van der Waals surface area contributed by atoms with Crippen LogP contribution in [0.15, 0.2) is 41.8 Å². The molecule has 140 valence electrons. The van der Waals surface area contributed by atoms with Crippen molar-refractivity contribution in [2.75, 3.05) is 10.6 Å². The maximum absolute atomic E-state index is 12.5. The molecule has 1 saturated carbocycles. The second-order valence-electron chi connectivity index (χ2n) is 6.80. The van der Waals surface area contributed by atoms with Gasteiger partial charge in [0, 0.05) is 16.9 Å². The summed E-state index contributed by atoms with van der Waals surface area (Å²) >= 11 is 1.40. The van der Waals surface area contributed by atoms with Gasteiger partial charge in [-0.25, -0.2) is 0 Å². The maximum atomic E-state index is 12.5. The molecule has 7 heteroatoms. The topological polar surface area (TPSA) is 84.2 Å². The molecule has 2 amide bonds. The van der Waals surface area contributed by atoms with E-state index in [9.17, 15) is 9.59 Å². The monoisotopic (exact) mass is 393 g/mol. The predicted octanol–water partition coefficient (Wildman–Crippen LogP) is 4.27. The highest BCUT2D eigenvalue weighted by molar-refractivity contribution is 7.12. The van der Waals surface area contributed by atoms with Gasteiger partial charge < -0.3 is 16.4 Å². The summed E-state index contributed by atoms with van der Waals surface area (Å²) in [4.78, 5) is 25.2. The van der Waals surface area contributed by atoms with Gasteiger partial charge in [-0.1, -0.05) is 18.9 Å². The van der Waals surface area contributed by atoms with Crippen LogP contribution in [-0.4, -0.2) is 17.4 Å². The van der Waals surface area contributed by atoms with E-state index in [1.54, 1.807) is 30.3 Å². The lowest BCUT2D eigenvalue weighted by atomic mass is 9.74. The molecule has 2 atom stereocenters. The number of hydrogen-bond acceptors (Lipinski definition) is 4. The molecule has 1 aliphatic carbocycles. The fourth-order valence-electron chi connectivity index (χ4n) is 3.26. The number of nitrogens with two attached hydrogens (primary N) is 1. The van der Waals surface area contributed by atoms with Gasteiger partial charge in [0.1, 0.15) is 0 Å². The molecule has 0 spiro atoms. The number of nitrogens with one attached hydrogen (secondary N) is 2. The van der Waals surface area contributed by atoms with Crippen molar-refractivity contribution in [1.82, 2.24) is 0 Å². The number of anilines is 2. The molecule has 1 aromatic carbocycles. The lowest BCUT2D eigenvalue weighted by Gasteiger charge is -2.37. The second-order valence-corrected chi connectivity index (χ2v) is 7.75. The summed E-state index contributed by atoms with van der Waals surface area (Å²) in [5, 5.41) is 7.65. The number of thiophene rings is 1. The Balaban J connectivity index is 0.00000243.